The number of fused-ring (bicyclic) bond motifs is 3. The lowest BCUT2D eigenvalue weighted by Gasteiger charge is -2.50. The number of aromatic hydroxyl groups is 1. The van der Waals surface area contributed by atoms with Crippen LogP contribution in [0.25, 0.3) is 5.76 Å². The fraction of sp³-hybridized carbons (Fsp3) is 0.519. The smallest absolute Gasteiger partial charge is 0.255 e. The minimum Gasteiger partial charge on any atom is -0.508 e. The minimum atomic E-state index is -2.63. The van der Waals surface area contributed by atoms with Gasteiger partial charge in [0, 0.05) is 17.5 Å². The molecule has 1 aromatic carbocycles. The largest absolute Gasteiger partial charge is 0.508 e. The fourth-order valence-corrected chi connectivity index (χ4v) is 6.71. The van der Waals surface area contributed by atoms with Gasteiger partial charge in [-0.2, -0.15) is 0 Å². The molecule has 1 aromatic rings. The second-order valence-electron chi connectivity index (χ2n) is 11.2. The van der Waals surface area contributed by atoms with Crippen LogP contribution in [0.1, 0.15) is 30.4 Å². The summed E-state index contributed by atoms with van der Waals surface area (Å²) in [5.41, 5.74) is 2.91. The third-order valence-electron chi connectivity index (χ3n) is 8.67. The summed E-state index contributed by atoms with van der Waals surface area (Å²) in [6.07, 6.45) is 2.11. The Bertz CT molecular complexity index is 1290. The van der Waals surface area contributed by atoms with Gasteiger partial charge >= 0.3 is 0 Å². The van der Waals surface area contributed by atoms with Gasteiger partial charge in [-0.25, -0.2) is 0 Å². The maximum absolute atomic E-state index is 13.9. The highest BCUT2D eigenvalue weighted by molar-refractivity contribution is 6.24. The van der Waals surface area contributed by atoms with Crippen LogP contribution in [0.15, 0.2) is 29.0 Å². The van der Waals surface area contributed by atoms with E-state index in [1.807, 2.05) is 0 Å². The Kier molecular flexibility index (Phi) is 6.28. The van der Waals surface area contributed by atoms with Crippen molar-refractivity contribution in [3.8, 4) is 5.75 Å². The molecular weight excluding hydrogens is 492 g/mol. The molecule has 4 unspecified atom stereocenters. The molecule has 0 radical (unpaired) electrons. The molecule has 3 aliphatic carbocycles. The average molecular weight is 527 g/mol. The first-order valence-electron chi connectivity index (χ1n) is 12.8. The number of likely N-dealkylation sites (N-methyl/N-ethyl adjacent to an activating group) is 1. The summed E-state index contributed by atoms with van der Waals surface area (Å²) >= 11 is 0. The monoisotopic (exact) mass is 526 g/mol. The van der Waals surface area contributed by atoms with E-state index in [0.717, 1.165) is 25.9 Å². The molecule has 0 spiro atoms. The van der Waals surface area contributed by atoms with Gasteiger partial charge in [0.1, 0.15) is 22.8 Å². The molecule has 11 nitrogen and oxygen atoms in total. The van der Waals surface area contributed by atoms with Crippen molar-refractivity contribution in [1.29, 1.82) is 0 Å². The van der Waals surface area contributed by atoms with Gasteiger partial charge in [-0.15, -0.1) is 0 Å². The van der Waals surface area contributed by atoms with Crippen LogP contribution in [-0.4, -0.2) is 99.6 Å². The molecule has 2 fully saturated rings. The van der Waals surface area contributed by atoms with Crippen LogP contribution in [0.2, 0.25) is 0 Å². The lowest BCUT2D eigenvalue weighted by molar-refractivity contribution is -0.153. The number of nitrogens with two attached hydrogens (primary N) is 1. The van der Waals surface area contributed by atoms with Gasteiger partial charge < -0.3 is 36.4 Å². The van der Waals surface area contributed by atoms with E-state index in [1.54, 1.807) is 26.2 Å². The number of carbonyl (C=O) groups is 3. The number of hydrogen-bond donors (Lipinski definition) is 6. The van der Waals surface area contributed by atoms with Crippen LogP contribution in [0.5, 0.6) is 5.75 Å². The number of aliphatic hydroxyl groups is 3. The Hall–Kier alpha value is -3.41. The average Bonchev–Trinajstić information content (AvgIpc) is 2.84. The zero-order valence-electron chi connectivity index (χ0n) is 21.7. The molecule has 0 bridgehead atoms. The molecule has 1 heterocycles. The number of hydrogen-bond acceptors (Lipinski definition) is 10. The fourth-order valence-electron chi connectivity index (χ4n) is 6.71. The molecule has 1 amide bonds. The maximum atomic E-state index is 13.9. The van der Waals surface area contributed by atoms with Gasteiger partial charge in [-0.1, -0.05) is 6.07 Å². The Labute approximate surface area is 220 Å². The molecule has 38 heavy (non-hydrogen) atoms. The van der Waals surface area contributed by atoms with E-state index in [-0.39, 0.29) is 35.8 Å². The number of benzene rings is 1. The number of phenols is 1. The van der Waals surface area contributed by atoms with Crippen molar-refractivity contribution >= 4 is 28.9 Å². The Morgan fingerprint density at radius 2 is 1.82 bits per heavy atom. The lowest BCUT2D eigenvalue weighted by atomic mass is 9.57. The van der Waals surface area contributed by atoms with Gasteiger partial charge in [0.25, 0.3) is 5.91 Å². The van der Waals surface area contributed by atoms with Crippen LogP contribution >= 0.6 is 0 Å². The number of rotatable bonds is 4. The molecule has 5 rings (SSSR count). The number of carbonyl (C=O) groups excluding carboxylic acids is 3. The number of piperidine rings is 1. The number of ketones is 2. The Morgan fingerprint density at radius 3 is 2.42 bits per heavy atom. The summed E-state index contributed by atoms with van der Waals surface area (Å²) in [5, 5.41) is 48.4. The number of nitrogens with one attached hydrogen (secondary N) is 1. The third-order valence-corrected chi connectivity index (χ3v) is 8.67. The molecule has 1 aliphatic heterocycles. The highest BCUT2D eigenvalue weighted by atomic mass is 16.3. The van der Waals surface area contributed by atoms with Crippen molar-refractivity contribution in [2.75, 3.05) is 39.5 Å². The summed E-state index contributed by atoms with van der Waals surface area (Å²) in [7, 11) is 5.20. The molecular formula is C27H34N4O7. The van der Waals surface area contributed by atoms with E-state index in [1.165, 1.54) is 4.90 Å². The minimum absolute atomic E-state index is 0.0715. The lowest BCUT2D eigenvalue weighted by Crippen LogP contribution is -2.65. The number of Topliss-reactive ketones (excluding diaryl/α,β-unsaturated/α-hetero) is 2. The first kappa shape index (κ1) is 26.2. The van der Waals surface area contributed by atoms with E-state index in [0.29, 0.717) is 11.3 Å². The number of anilines is 1. The molecule has 11 heteroatoms. The number of amides is 1. The predicted molar refractivity (Wildman–Crippen MR) is 138 cm³/mol. The second-order valence-corrected chi connectivity index (χ2v) is 11.2. The summed E-state index contributed by atoms with van der Waals surface area (Å²) < 4.78 is 0. The van der Waals surface area contributed by atoms with Crippen LogP contribution in [0.3, 0.4) is 0 Å². The number of aliphatic hydroxyl groups excluding tert-OH is 2. The van der Waals surface area contributed by atoms with Crippen LogP contribution in [-0.2, 0) is 20.8 Å². The van der Waals surface area contributed by atoms with Crippen LogP contribution in [0.4, 0.5) is 5.69 Å². The molecule has 204 valence electrons. The molecule has 1 saturated heterocycles. The van der Waals surface area contributed by atoms with Gasteiger partial charge in [0.05, 0.1) is 17.3 Å². The number of primary amides is 1. The quantitative estimate of drug-likeness (QED) is 0.239. The van der Waals surface area contributed by atoms with Crippen molar-refractivity contribution in [2.45, 2.75) is 43.4 Å². The van der Waals surface area contributed by atoms with Crippen LogP contribution < -0.4 is 11.1 Å². The predicted octanol–water partition coefficient (Wildman–Crippen LogP) is 0.470. The van der Waals surface area contributed by atoms with E-state index in [4.69, 9.17) is 5.73 Å². The highest BCUT2D eigenvalue weighted by Gasteiger charge is 2.64. The topological polar surface area (TPSA) is 177 Å². The number of phenolic OH excluding ortho intramolecular Hbond substituents is 1. The van der Waals surface area contributed by atoms with Crippen molar-refractivity contribution in [3.05, 3.63) is 40.2 Å². The number of nitrogens with zero attached hydrogens (tertiary/aromatic N) is 2. The van der Waals surface area contributed by atoms with E-state index >= 15 is 0 Å². The highest BCUT2D eigenvalue weighted by Crippen LogP contribution is 2.53. The van der Waals surface area contributed by atoms with E-state index in [2.05, 4.69) is 17.3 Å². The summed E-state index contributed by atoms with van der Waals surface area (Å²) in [5.74, 6) is -6.46. The Morgan fingerprint density at radius 1 is 1.16 bits per heavy atom. The van der Waals surface area contributed by atoms with Crippen molar-refractivity contribution in [3.63, 3.8) is 0 Å². The molecule has 1 saturated carbocycles. The molecule has 0 aromatic heterocycles. The molecule has 4 aliphatic rings. The summed E-state index contributed by atoms with van der Waals surface area (Å²) in [6, 6.07) is 2.59. The Balaban J connectivity index is 1.59. The van der Waals surface area contributed by atoms with Gasteiger partial charge in [-0.05, 0) is 77.5 Å². The molecule has 7 N–H and O–H groups in total. The van der Waals surface area contributed by atoms with Gasteiger partial charge in [0.15, 0.2) is 11.4 Å². The first-order valence-corrected chi connectivity index (χ1v) is 12.8. The summed E-state index contributed by atoms with van der Waals surface area (Å²) in [4.78, 5) is 42.8. The first-order chi connectivity index (χ1) is 17.9. The summed E-state index contributed by atoms with van der Waals surface area (Å²) in [6.45, 7) is 1.82. The second kappa shape index (κ2) is 9.11. The normalized spacial score (nSPS) is 30.3. The molecule has 4 atom stereocenters. The SMILES string of the molecule is CN1CCC(Nc2ccc3c(c2O)C(O)=C2C(=O)C4(O)C(O)=C(C(N)=O)C(=O)C(N(C)C)C4CC2C3)CC1. The van der Waals surface area contributed by atoms with Gasteiger partial charge in [-0.3, -0.25) is 19.3 Å². The standard InChI is InChI=1S/C27H34N4O7/c1-30(2)20-15-11-13-10-12-4-5-16(29-14-6-8-31(3)9-7-14)21(32)17(12)22(33)18(13)24(35)27(15,38)25(36)19(23(20)34)26(28)37/h4-5,13-15,20,29,32-33,36,38H,6-11H2,1-3H3,(H2,28,37). The van der Waals surface area contributed by atoms with E-state index < -0.39 is 58.0 Å². The van der Waals surface area contributed by atoms with Gasteiger partial charge in [0.2, 0.25) is 5.78 Å². The van der Waals surface area contributed by atoms with Crippen molar-refractivity contribution in [1.82, 2.24) is 9.80 Å². The van der Waals surface area contributed by atoms with Crippen LogP contribution in [0, 0.1) is 11.8 Å². The zero-order chi connectivity index (χ0) is 27.7. The zero-order valence-corrected chi connectivity index (χ0v) is 21.7. The van der Waals surface area contributed by atoms with Crippen molar-refractivity contribution in [2.24, 2.45) is 17.6 Å². The number of likely N-dealkylation sites (tertiary alicyclic amines) is 1. The van der Waals surface area contributed by atoms with E-state index in [9.17, 15) is 34.8 Å². The van der Waals surface area contributed by atoms with Crippen molar-refractivity contribution < 1.29 is 34.8 Å². The maximum Gasteiger partial charge on any atom is 0.255 e. The third kappa shape index (κ3) is 3.71.